The summed E-state index contributed by atoms with van der Waals surface area (Å²) >= 11 is 0. The fourth-order valence-electron chi connectivity index (χ4n) is 0.657. The first-order chi connectivity index (χ1) is 5.54. The highest BCUT2D eigenvalue weighted by atomic mass is 79.9. The number of hydrogen-bond donors (Lipinski definition) is 4. The van der Waals surface area contributed by atoms with Gasteiger partial charge in [0.15, 0.2) is 0 Å². The number of nitrogens with one attached hydrogen (secondary N) is 1. The molecular weight excluding hydrogens is 242 g/mol. The minimum absolute atomic E-state index is 0. The first-order valence-electron chi connectivity index (χ1n) is 3.55. The van der Waals surface area contributed by atoms with Crippen molar-refractivity contribution in [2.45, 2.75) is 18.9 Å². The molecule has 0 saturated heterocycles. The first-order valence-corrected chi connectivity index (χ1v) is 3.55. The van der Waals surface area contributed by atoms with E-state index in [0.29, 0.717) is 19.4 Å². The zero-order valence-corrected chi connectivity index (χ0v) is 8.74. The summed E-state index contributed by atoms with van der Waals surface area (Å²) in [6, 6.07) is -1.47. The van der Waals surface area contributed by atoms with Gasteiger partial charge < -0.3 is 21.9 Å². The van der Waals surface area contributed by atoms with Crippen LogP contribution in [0.25, 0.3) is 0 Å². The molecule has 0 saturated carbocycles. The van der Waals surface area contributed by atoms with E-state index in [1.807, 2.05) is 0 Å². The zero-order valence-electron chi connectivity index (χ0n) is 7.03. The largest absolute Gasteiger partial charge is 0.480 e. The Kier molecular flexibility index (Phi) is 8.83. The van der Waals surface area contributed by atoms with Gasteiger partial charge in [-0.1, -0.05) is 0 Å². The second kappa shape index (κ2) is 7.81. The molecule has 0 fully saturated rings. The lowest BCUT2D eigenvalue weighted by atomic mass is 10.2. The first kappa shape index (κ1) is 14.7. The van der Waals surface area contributed by atoms with Crippen LogP contribution in [0.15, 0.2) is 0 Å². The molecule has 2 amide bonds. The Hall–Kier alpha value is -0.820. The summed E-state index contributed by atoms with van der Waals surface area (Å²) in [7, 11) is 0. The predicted octanol–water partition coefficient (Wildman–Crippen LogP) is -0.575. The molecule has 0 radical (unpaired) electrons. The maximum absolute atomic E-state index is 10.2. The summed E-state index contributed by atoms with van der Waals surface area (Å²) in [4.78, 5) is 20.3. The molecule has 0 aromatic carbocycles. The molecule has 0 aromatic heterocycles. The molecule has 0 aliphatic rings. The topological polar surface area (TPSA) is 118 Å². The van der Waals surface area contributed by atoms with Gasteiger partial charge in [0.05, 0.1) is 0 Å². The second-order valence-corrected chi connectivity index (χ2v) is 2.38. The normalized spacial score (nSPS) is 11.2. The van der Waals surface area contributed by atoms with E-state index in [9.17, 15) is 9.59 Å². The molecule has 0 bridgehead atoms. The third-order valence-electron chi connectivity index (χ3n) is 1.31. The SMILES string of the molecule is Br.NC(=O)NCCC[C@H](N)C(=O)O. The Bertz CT molecular complexity index is 177. The van der Waals surface area contributed by atoms with E-state index in [4.69, 9.17) is 16.6 Å². The second-order valence-electron chi connectivity index (χ2n) is 2.38. The quantitative estimate of drug-likeness (QED) is 0.492. The highest BCUT2D eigenvalue weighted by Crippen LogP contribution is 1.92. The summed E-state index contributed by atoms with van der Waals surface area (Å²) in [6.07, 6.45) is 0.839. The minimum atomic E-state index is -1.03. The molecule has 0 spiro atoms. The summed E-state index contributed by atoms with van der Waals surface area (Å²) in [6.45, 7) is 0.357. The number of halogens is 1. The molecular formula is C6H14BrN3O3. The van der Waals surface area contributed by atoms with E-state index in [1.54, 1.807) is 0 Å². The number of carbonyl (C=O) groups excluding carboxylic acids is 1. The molecule has 7 heteroatoms. The Balaban J connectivity index is 0. The van der Waals surface area contributed by atoms with Gasteiger partial charge >= 0.3 is 12.0 Å². The van der Waals surface area contributed by atoms with Crippen molar-refractivity contribution in [1.82, 2.24) is 5.32 Å². The molecule has 0 rings (SSSR count). The number of aliphatic carboxylic acids is 1. The number of primary amides is 1. The van der Waals surface area contributed by atoms with Crippen LogP contribution >= 0.6 is 17.0 Å². The molecule has 0 unspecified atom stereocenters. The summed E-state index contributed by atoms with van der Waals surface area (Å²) in [5, 5.41) is 10.7. The number of rotatable bonds is 5. The van der Waals surface area contributed by atoms with E-state index in [0.717, 1.165) is 0 Å². The van der Waals surface area contributed by atoms with E-state index in [-0.39, 0.29) is 17.0 Å². The van der Waals surface area contributed by atoms with Gasteiger partial charge in [-0.05, 0) is 12.8 Å². The third-order valence-corrected chi connectivity index (χ3v) is 1.31. The van der Waals surface area contributed by atoms with Gasteiger partial charge in [-0.2, -0.15) is 0 Å². The number of carboxylic acid groups (broad SMARTS) is 1. The van der Waals surface area contributed by atoms with Gasteiger partial charge in [0.2, 0.25) is 0 Å². The Morgan fingerprint density at radius 1 is 1.46 bits per heavy atom. The van der Waals surface area contributed by atoms with Crippen LogP contribution in [0.5, 0.6) is 0 Å². The van der Waals surface area contributed by atoms with Crippen molar-refractivity contribution >= 4 is 29.0 Å². The van der Waals surface area contributed by atoms with Crippen molar-refractivity contribution in [3.63, 3.8) is 0 Å². The smallest absolute Gasteiger partial charge is 0.320 e. The van der Waals surface area contributed by atoms with Gasteiger partial charge in [0.1, 0.15) is 6.04 Å². The van der Waals surface area contributed by atoms with Crippen molar-refractivity contribution in [3.05, 3.63) is 0 Å². The van der Waals surface area contributed by atoms with Crippen LogP contribution in [0.4, 0.5) is 4.79 Å². The Labute approximate surface area is 86.4 Å². The maximum atomic E-state index is 10.2. The molecule has 0 aliphatic carbocycles. The van der Waals surface area contributed by atoms with Crippen LogP contribution in [0.3, 0.4) is 0 Å². The molecule has 6 N–H and O–H groups in total. The van der Waals surface area contributed by atoms with Gasteiger partial charge in [0.25, 0.3) is 0 Å². The van der Waals surface area contributed by atoms with Crippen LogP contribution in [0.2, 0.25) is 0 Å². The van der Waals surface area contributed by atoms with Crippen molar-refractivity contribution < 1.29 is 14.7 Å². The molecule has 0 aromatic rings. The predicted molar refractivity (Wildman–Crippen MR) is 52.8 cm³/mol. The summed E-state index contributed by atoms with van der Waals surface area (Å²) in [5.74, 6) is -1.03. The Morgan fingerprint density at radius 2 is 2.00 bits per heavy atom. The summed E-state index contributed by atoms with van der Waals surface area (Å²) in [5.41, 5.74) is 9.96. The van der Waals surface area contributed by atoms with Crippen LogP contribution < -0.4 is 16.8 Å². The monoisotopic (exact) mass is 255 g/mol. The molecule has 1 atom stereocenters. The van der Waals surface area contributed by atoms with Crippen LogP contribution in [0.1, 0.15) is 12.8 Å². The molecule has 0 heterocycles. The molecule has 13 heavy (non-hydrogen) atoms. The molecule has 6 nitrogen and oxygen atoms in total. The lowest BCUT2D eigenvalue weighted by Gasteiger charge is -2.05. The summed E-state index contributed by atoms with van der Waals surface area (Å²) < 4.78 is 0. The third kappa shape index (κ3) is 9.09. The Morgan fingerprint density at radius 3 is 2.38 bits per heavy atom. The number of carbonyl (C=O) groups is 2. The lowest BCUT2D eigenvalue weighted by molar-refractivity contribution is -0.138. The fraction of sp³-hybridized carbons (Fsp3) is 0.667. The van der Waals surface area contributed by atoms with Crippen molar-refractivity contribution in [2.75, 3.05) is 6.54 Å². The van der Waals surface area contributed by atoms with Crippen LogP contribution in [-0.4, -0.2) is 29.7 Å². The maximum Gasteiger partial charge on any atom is 0.320 e. The van der Waals surface area contributed by atoms with Crippen molar-refractivity contribution in [3.8, 4) is 0 Å². The highest BCUT2D eigenvalue weighted by Gasteiger charge is 2.09. The van der Waals surface area contributed by atoms with E-state index < -0.39 is 18.0 Å². The van der Waals surface area contributed by atoms with Gasteiger partial charge in [-0.15, -0.1) is 17.0 Å². The lowest BCUT2D eigenvalue weighted by Crippen LogP contribution is -2.33. The number of hydrogen-bond acceptors (Lipinski definition) is 3. The fourth-order valence-corrected chi connectivity index (χ4v) is 0.657. The van der Waals surface area contributed by atoms with E-state index in [1.165, 1.54) is 0 Å². The van der Waals surface area contributed by atoms with Gasteiger partial charge in [0, 0.05) is 6.54 Å². The average Bonchev–Trinajstić information content (AvgIpc) is 1.97. The van der Waals surface area contributed by atoms with Gasteiger partial charge in [-0.3, -0.25) is 4.79 Å². The number of urea groups is 1. The van der Waals surface area contributed by atoms with E-state index in [2.05, 4.69) is 5.32 Å². The highest BCUT2D eigenvalue weighted by molar-refractivity contribution is 8.93. The minimum Gasteiger partial charge on any atom is -0.480 e. The zero-order chi connectivity index (χ0) is 9.56. The van der Waals surface area contributed by atoms with Crippen LogP contribution in [0, 0.1) is 0 Å². The number of carboxylic acids is 1. The number of amides is 2. The molecule has 0 aliphatic heterocycles. The van der Waals surface area contributed by atoms with Crippen molar-refractivity contribution in [2.24, 2.45) is 11.5 Å². The van der Waals surface area contributed by atoms with Crippen LogP contribution in [-0.2, 0) is 4.79 Å². The molecule has 78 valence electrons. The van der Waals surface area contributed by atoms with Gasteiger partial charge in [-0.25, -0.2) is 4.79 Å². The standard InChI is InChI=1S/C6H13N3O3.BrH/c7-4(5(10)11)2-1-3-9-6(8)12;/h4H,1-3,7H2,(H,10,11)(H3,8,9,12);1H/t4-;/m0./s1. The number of nitrogens with two attached hydrogens (primary N) is 2. The van der Waals surface area contributed by atoms with E-state index >= 15 is 0 Å². The van der Waals surface area contributed by atoms with Crippen molar-refractivity contribution in [1.29, 1.82) is 0 Å². The average molecular weight is 256 g/mol.